The second-order valence-corrected chi connectivity index (χ2v) is 5.14. The van der Waals surface area contributed by atoms with Crippen LogP contribution in [0.3, 0.4) is 0 Å². The lowest BCUT2D eigenvalue weighted by Crippen LogP contribution is -2.05. The zero-order chi connectivity index (χ0) is 14.8. The van der Waals surface area contributed by atoms with Crippen molar-refractivity contribution in [3.05, 3.63) is 42.5 Å². The van der Waals surface area contributed by atoms with Crippen LogP contribution in [0.25, 0.3) is 10.8 Å². The van der Waals surface area contributed by atoms with Crippen molar-refractivity contribution in [2.24, 2.45) is 5.73 Å². The van der Waals surface area contributed by atoms with E-state index in [1.165, 1.54) is 10.8 Å². The maximum absolute atomic E-state index is 5.87. The van der Waals surface area contributed by atoms with Gasteiger partial charge in [-0.25, -0.2) is 0 Å². The molecule has 0 heterocycles. The van der Waals surface area contributed by atoms with Gasteiger partial charge in [0.15, 0.2) is 0 Å². The van der Waals surface area contributed by atoms with Crippen molar-refractivity contribution in [1.82, 2.24) is 0 Å². The fraction of sp³-hybridized carbons (Fsp3) is 0.444. The van der Waals surface area contributed by atoms with E-state index in [1.54, 1.807) is 0 Å². The van der Waals surface area contributed by atoms with Gasteiger partial charge in [-0.2, -0.15) is 0 Å². The minimum Gasteiger partial charge on any atom is -0.493 e. The molecular formula is C18H25NO2. The van der Waals surface area contributed by atoms with Crippen LogP contribution in [-0.4, -0.2) is 26.4 Å². The van der Waals surface area contributed by atoms with Crippen molar-refractivity contribution in [2.75, 3.05) is 26.4 Å². The third kappa shape index (κ3) is 5.37. The Balaban J connectivity index is 1.64. The molecule has 2 aromatic carbocycles. The summed E-state index contributed by atoms with van der Waals surface area (Å²) in [5, 5.41) is 2.38. The van der Waals surface area contributed by atoms with E-state index in [0.717, 1.165) is 51.2 Å². The Morgan fingerprint density at radius 1 is 0.762 bits per heavy atom. The van der Waals surface area contributed by atoms with Gasteiger partial charge in [0.25, 0.3) is 0 Å². The molecule has 0 atom stereocenters. The van der Waals surface area contributed by atoms with Gasteiger partial charge in [0.2, 0.25) is 0 Å². The summed E-state index contributed by atoms with van der Waals surface area (Å²) in [5.74, 6) is 0.955. The average molecular weight is 287 g/mol. The lowest BCUT2D eigenvalue weighted by Gasteiger charge is -2.09. The lowest BCUT2D eigenvalue weighted by molar-refractivity contribution is 0.116. The molecule has 0 saturated heterocycles. The molecule has 2 rings (SSSR count). The average Bonchev–Trinajstić information content (AvgIpc) is 2.53. The molecule has 0 aliphatic carbocycles. The molecule has 0 unspecified atom stereocenters. The summed E-state index contributed by atoms with van der Waals surface area (Å²) >= 11 is 0. The largest absolute Gasteiger partial charge is 0.493 e. The van der Waals surface area contributed by atoms with Crippen molar-refractivity contribution in [3.63, 3.8) is 0 Å². The van der Waals surface area contributed by atoms with Crippen LogP contribution in [0.1, 0.15) is 25.7 Å². The first-order valence-electron chi connectivity index (χ1n) is 7.80. The molecule has 0 bridgehead atoms. The van der Waals surface area contributed by atoms with Gasteiger partial charge in [0, 0.05) is 25.0 Å². The Morgan fingerprint density at radius 2 is 1.57 bits per heavy atom. The van der Waals surface area contributed by atoms with E-state index in [0.29, 0.717) is 6.61 Å². The SMILES string of the molecule is NCCCCCOCCCOc1cccc2ccccc12. The normalized spacial score (nSPS) is 10.9. The van der Waals surface area contributed by atoms with Crippen molar-refractivity contribution in [2.45, 2.75) is 25.7 Å². The summed E-state index contributed by atoms with van der Waals surface area (Å²) in [7, 11) is 0. The number of ether oxygens (including phenoxy) is 2. The second-order valence-electron chi connectivity index (χ2n) is 5.14. The van der Waals surface area contributed by atoms with Gasteiger partial charge in [0.05, 0.1) is 6.61 Å². The molecule has 0 spiro atoms. The molecule has 0 fully saturated rings. The summed E-state index contributed by atoms with van der Waals surface area (Å²) < 4.78 is 11.5. The van der Waals surface area contributed by atoms with Crippen LogP contribution in [0.4, 0.5) is 0 Å². The number of benzene rings is 2. The minimum atomic E-state index is 0.691. The molecule has 0 radical (unpaired) electrons. The zero-order valence-electron chi connectivity index (χ0n) is 12.6. The Hall–Kier alpha value is -1.58. The maximum Gasteiger partial charge on any atom is 0.127 e. The minimum absolute atomic E-state index is 0.691. The summed E-state index contributed by atoms with van der Waals surface area (Å²) in [6.45, 7) is 3.05. The smallest absolute Gasteiger partial charge is 0.127 e. The molecular weight excluding hydrogens is 262 g/mol. The first kappa shape index (κ1) is 15.8. The monoisotopic (exact) mass is 287 g/mol. The van der Waals surface area contributed by atoms with Crippen molar-refractivity contribution >= 4 is 10.8 Å². The Bertz CT molecular complexity index is 522. The summed E-state index contributed by atoms with van der Waals surface area (Å²) in [6, 6.07) is 14.4. The van der Waals surface area contributed by atoms with Gasteiger partial charge in [-0.1, -0.05) is 36.4 Å². The molecule has 3 nitrogen and oxygen atoms in total. The van der Waals surface area contributed by atoms with Crippen molar-refractivity contribution < 1.29 is 9.47 Å². The number of hydrogen-bond acceptors (Lipinski definition) is 3. The van der Waals surface area contributed by atoms with Crippen LogP contribution in [0.5, 0.6) is 5.75 Å². The fourth-order valence-electron chi connectivity index (χ4n) is 2.29. The first-order chi connectivity index (χ1) is 10.4. The molecule has 21 heavy (non-hydrogen) atoms. The van der Waals surface area contributed by atoms with Gasteiger partial charge in [0.1, 0.15) is 5.75 Å². The van der Waals surface area contributed by atoms with Crippen LogP contribution in [0, 0.1) is 0 Å². The first-order valence-corrected chi connectivity index (χ1v) is 7.80. The van der Waals surface area contributed by atoms with Gasteiger partial charge in [-0.15, -0.1) is 0 Å². The highest BCUT2D eigenvalue weighted by atomic mass is 16.5. The van der Waals surface area contributed by atoms with E-state index < -0.39 is 0 Å². The van der Waals surface area contributed by atoms with Gasteiger partial charge >= 0.3 is 0 Å². The van der Waals surface area contributed by atoms with Crippen LogP contribution < -0.4 is 10.5 Å². The summed E-state index contributed by atoms with van der Waals surface area (Å²) in [6.07, 6.45) is 4.26. The second kappa shape index (κ2) is 9.37. The molecule has 0 saturated carbocycles. The molecule has 2 N–H and O–H groups in total. The third-order valence-electron chi connectivity index (χ3n) is 3.43. The highest BCUT2D eigenvalue weighted by Gasteiger charge is 2.00. The molecule has 0 amide bonds. The predicted molar refractivity (Wildman–Crippen MR) is 87.8 cm³/mol. The fourth-order valence-corrected chi connectivity index (χ4v) is 2.29. The van der Waals surface area contributed by atoms with Gasteiger partial charge in [-0.3, -0.25) is 0 Å². The molecule has 0 aliphatic rings. The molecule has 114 valence electrons. The van der Waals surface area contributed by atoms with Crippen molar-refractivity contribution in [3.8, 4) is 5.75 Å². The molecule has 2 aromatic rings. The van der Waals surface area contributed by atoms with Gasteiger partial charge < -0.3 is 15.2 Å². The summed E-state index contributed by atoms with van der Waals surface area (Å²) in [4.78, 5) is 0. The van der Waals surface area contributed by atoms with E-state index >= 15 is 0 Å². The van der Waals surface area contributed by atoms with E-state index in [-0.39, 0.29) is 0 Å². The molecule has 3 heteroatoms. The highest BCUT2D eigenvalue weighted by molar-refractivity contribution is 5.88. The lowest BCUT2D eigenvalue weighted by atomic mass is 10.1. The highest BCUT2D eigenvalue weighted by Crippen LogP contribution is 2.25. The Kier molecular flexibility index (Phi) is 7.05. The Morgan fingerprint density at radius 3 is 2.48 bits per heavy atom. The third-order valence-corrected chi connectivity index (χ3v) is 3.43. The molecule has 0 aromatic heterocycles. The van der Waals surface area contributed by atoms with E-state index in [2.05, 4.69) is 18.2 Å². The predicted octanol–water partition coefficient (Wildman–Crippen LogP) is 3.75. The van der Waals surface area contributed by atoms with Crippen LogP contribution >= 0.6 is 0 Å². The number of unbranched alkanes of at least 4 members (excludes halogenated alkanes) is 2. The van der Waals surface area contributed by atoms with Crippen LogP contribution in [0.2, 0.25) is 0 Å². The van der Waals surface area contributed by atoms with Gasteiger partial charge in [-0.05, 0) is 37.3 Å². The molecule has 0 aliphatic heterocycles. The van der Waals surface area contributed by atoms with Crippen LogP contribution in [0.15, 0.2) is 42.5 Å². The van der Waals surface area contributed by atoms with E-state index in [9.17, 15) is 0 Å². The zero-order valence-corrected chi connectivity index (χ0v) is 12.6. The number of nitrogens with two attached hydrogens (primary N) is 1. The number of fused-ring (bicyclic) bond motifs is 1. The number of rotatable bonds is 10. The van der Waals surface area contributed by atoms with Crippen LogP contribution in [-0.2, 0) is 4.74 Å². The standard InChI is InChI=1S/C18H25NO2/c19-12-4-1-5-13-20-14-7-15-21-18-11-6-9-16-8-2-3-10-17(16)18/h2-3,6,8-11H,1,4-5,7,12-15,19H2. The topological polar surface area (TPSA) is 44.5 Å². The van der Waals surface area contributed by atoms with E-state index in [1.807, 2.05) is 24.3 Å². The number of hydrogen-bond donors (Lipinski definition) is 1. The Labute approximate surface area is 127 Å². The van der Waals surface area contributed by atoms with E-state index in [4.69, 9.17) is 15.2 Å². The maximum atomic E-state index is 5.87. The quantitative estimate of drug-likeness (QED) is 0.677. The summed E-state index contributed by atoms with van der Waals surface area (Å²) in [5.41, 5.74) is 5.45. The van der Waals surface area contributed by atoms with Crippen molar-refractivity contribution in [1.29, 1.82) is 0 Å².